The van der Waals surface area contributed by atoms with Crippen LogP contribution in [0.25, 0.3) is 0 Å². The van der Waals surface area contributed by atoms with Crippen LogP contribution in [0.5, 0.6) is 5.75 Å². The molecule has 7 heteroatoms. The first kappa shape index (κ1) is 14.6. The number of halogens is 2. The van der Waals surface area contributed by atoms with Crippen molar-refractivity contribution in [2.45, 2.75) is 0 Å². The van der Waals surface area contributed by atoms with Crippen molar-refractivity contribution in [2.75, 3.05) is 17.7 Å². The van der Waals surface area contributed by atoms with Gasteiger partial charge in [-0.25, -0.2) is 4.98 Å². The Balaban J connectivity index is 1.91. The number of hydrogen-bond donors (Lipinski definition) is 2. The van der Waals surface area contributed by atoms with E-state index in [1.165, 1.54) is 6.20 Å². The van der Waals surface area contributed by atoms with Crippen molar-refractivity contribution in [2.24, 2.45) is 0 Å². The van der Waals surface area contributed by atoms with Gasteiger partial charge in [-0.05, 0) is 34.1 Å². The summed E-state index contributed by atoms with van der Waals surface area (Å²) in [4.78, 5) is 15.6. The number of benzene rings is 1. The predicted octanol–water partition coefficient (Wildman–Crippen LogP) is 3.10. The third-order valence-electron chi connectivity index (χ3n) is 2.31. The molecule has 104 valence electrons. The van der Waals surface area contributed by atoms with Gasteiger partial charge in [0.05, 0.1) is 16.4 Å². The third kappa shape index (κ3) is 4.11. The summed E-state index contributed by atoms with van der Waals surface area (Å²) in [6.07, 6.45) is 1.46. The van der Waals surface area contributed by atoms with Crippen LogP contribution in [0.4, 0.5) is 11.4 Å². The average molecular weight is 357 g/mol. The smallest absolute Gasteiger partial charge is 0.262 e. The van der Waals surface area contributed by atoms with E-state index >= 15 is 0 Å². The van der Waals surface area contributed by atoms with Gasteiger partial charge in [-0.3, -0.25) is 4.79 Å². The van der Waals surface area contributed by atoms with Crippen molar-refractivity contribution in [3.8, 4) is 5.75 Å². The molecular weight excluding hydrogens is 346 g/mol. The maximum atomic E-state index is 11.7. The fourth-order valence-electron chi connectivity index (χ4n) is 1.44. The molecule has 1 aromatic carbocycles. The SMILES string of the molecule is Nc1cccc(OCC(=O)Nc2cnc(Cl)c(Br)c2)c1. The van der Waals surface area contributed by atoms with Crippen molar-refractivity contribution in [3.05, 3.63) is 46.2 Å². The maximum Gasteiger partial charge on any atom is 0.262 e. The van der Waals surface area contributed by atoms with Crippen LogP contribution in [0.2, 0.25) is 5.15 Å². The molecule has 2 aromatic rings. The number of ether oxygens (including phenoxy) is 1. The minimum Gasteiger partial charge on any atom is -0.484 e. The van der Waals surface area contributed by atoms with E-state index in [1.54, 1.807) is 30.3 Å². The molecule has 2 rings (SSSR count). The zero-order valence-corrected chi connectivity index (χ0v) is 12.6. The standard InChI is InChI=1S/C13H11BrClN3O2/c14-11-5-9(6-17-13(11)15)18-12(19)7-20-10-3-1-2-8(16)4-10/h1-6H,7,16H2,(H,18,19). The van der Waals surface area contributed by atoms with E-state index in [1.807, 2.05) is 0 Å². The fraction of sp³-hybridized carbons (Fsp3) is 0.0769. The van der Waals surface area contributed by atoms with Gasteiger partial charge in [0.2, 0.25) is 0 Å². The largest absolute Gasteiger partial charge is 0.484 e. The number of amides is 1. The van der Waals surface area contributed by atoms with Crippen LogP contribution in [0.15, 0.2) is 41.0 Å². The molecule has 20 heavy (non-hydrogen) atoms. The van der Waals surface area contributed by atoms with E-state index in [0.29, 0.717) is 26.8 Å². The molecule has 0 unspecified atom stereocenters. The Morgan fingerprint density at radius 3 is 2.95 bits per heavy atom. The molecule has 0 radical (unpaired) electrons. The second-order valence-corrected chi connectivity index (χ2v) is 5.12. The molecule has 0 saturated heterocycles. The number of aromatic nitrogens is 1. The molecule has 0 aliphatic rings. The number of carbonyl (C=O) groups is 1. The van der Waals surface area contributed by atoms with Crippen LogP contribution in [0.1, 0.15) is 0 Å². The van der Waals surface area contributed by atoms with Crippen molar-refractivity contribution in [1.82, 2.24) is 4.98 Å². The highest BCUT2D eigenvalue weighted by atomic mass is 79.9. The molecule has 1 aromatic heterocycles. The molecule has 0 fully saturated rings. The van der Waals surface area contributed by atoms with Gasteiger partial charge >= 0.3 is 0 Å². The Morgan fingerprint density at radius 2 is 2.25 bits per heavy atom. The first-order valence-corrected chi connectivity index (χ1v) is 6.81. The maximum absolute atomic E-state index is 11.7. The fourth-order valence-corrected chi connectivity index (χ4v) is 1.89. The number of anilines is 2. The Hall–Kier alpha value is -1.79. The van der Waals surface area contributed by atoms with E-state index in [0.717, 1.165) is 0 Å². The minimum absolute atomic E-state index is 0.121. The molecule has 0 aliphatic heterocycles. The Bertz CT molecular complexity index is 637. The van der Waals surface area contributed by atoms with Crippen LogP contribution in [-0.2, 0) is 4.79 Å². The molecule has 0 saturated carbocycles. The van der Waals surface area contributed by atoms with Crippen molar-refractivity contribution in [1.29, 1.82) is 0 Å². The van der Waals surface area contributed by atoms with Gasteiger partial charge in [-0.15, -0.1) is 0 Å². The normalized spacial score (nSPS) is 10.1. The van der Waals surface area contributed by atoms with Gasteiger partial charge in [0.25, 0.3) is 5.91 Å². The first-order valence-electron chi connectivity index (χ1n) is 5.64. The highest BCUT2D eigenvalue weighted by Gasteiger charge is 2.06. The summed E-state index contributed by atoms with van der Waals surface area (Å²) >= 11 is 8.99. The van der Waals surface area contributed by atoms with Crippen LogP contribution < -0.4 is 15.8 Å². The quantitative estimate of drug-likeness (QED) is 0.652. The van der Waals surface area contributed by atoms with Gasteiger partial charge in [-0.2, -0.15) is 0 Å². The van der Waals surface area contributed by atoms with E-state index < -0.39 is 0 Å². The number of carbonyl (C=O) groups excluding carboxylic acids is 1. The van der Waals surface area contributed by atoms with E-state index in [2.05, 4.69) is 26.2 Å². The lowest BCUT2D eigenvalue weighted by atomic mass is 10.3. The topological polar surface area (TPSA) is 77.2 Å². The summed E-state index contributed by atoms with van der Waals surface area (Å²) in [5.41, 5.74) is 6.72. The zero-order chi connectivity index (χ0) is 14.5. The number of nitrogens with zero attached hydrogens (tertiary/aromatic N) is 1. The van der Waals surface area contributed by atoms with Crippen LogP contribution in [-0.4, -0.2) is 17.5 Å². The third-order valence-corrected chi connectivity index (χ3v) is 3.44. The van der Waals surface area contributed by atoms with Gasteiger partial charge in [0, 0.05) is 11.8 Å². The molecule has 0 bridgehead atoms. The predicted molar refractivity (Wildman–Crippen MR) is 81.9 cm³/mol. The summed E-state index contributed by atoms with van der Waals surface area (Å²) < 4.78 is 5.93. The molecule has 5 nitrogen and oxygen atoms in total. The second kappa shape index (κ2) is 6.58. The number of rotatable bonds is 4. The molecule has 1 heterocycles. The van der Waals surface area contributed by atoms with Crippen molar-refractivity contribution >= 4 is 44.8 Å². The van der Waals surface area contributed by atoms with Gasteiger partial charge in [0.15, 0.2) is 6.61 Å². The zero-order valence-electron chi connectivity index (χ0n) is 10.3. The Morgan fingerprint density at radius 1 is 1.45 bits per heavy atom. The lowest BCUT2D eigenvalue weighted by Gasteiger charge is -2.08. The first-order chi connectivity index (χ1) is 9.54. The summed E-state index contributed by atoms with van der Waals surface area (Å²) in [6.45, 7) is -0.121. The molecule has 0 spiro atoms. The summed E-state index contributed by atoms with van der Waals surface area (Å²) in [7, 11) is 0. The van der Waals surface area contributed by atoms with Crippen molar-refractivity contribution < 1.29 is 9.53 Å². The Kier molecular flexibility index (Phi) is 4.81. The molecular formula is C13H11BrClN3O2. The summed E-state index contributed by atoms with van der Waals surface area (Å²) in [5, 5.41) is 2.98. The Labute approximate surface area is 129 Å². The lowest BCUT2D eigenvalue weighted by Crippen LogP contribution is -2.20. The highest BCUT2D eigenvalue weighted by Crippen LogP contribution is 2.22. The lowest BCUT2D eigenvalue weighted by molar-refractivity contribution is -0.118. The highest BCUT2D eigenvalue weighted by molar-refractivity contribution is 9.10. The molecule has 0 aliphatic carbocycles. The van der Waals surface area contributed by atoms with Crippen LogP contribution in [0, 0.1) is 0 Å². The average Bonchev–Trinajstić information content (AvgIpc) is 2.41. The molecule has 3 N–H and O–H groups in total. The van der Waals surface area contributed by atoms with E-state index in [4.69, 9.17) is 22.1 Å². The number of pyridine rings is 1. The summed E-state index contributed by atoms with van der Waals surface area (Å²) in [5.74, 6) is 0.235. The molecule has 1 amide bonds. The minimum atomic E-state index is -0.302. The number of nitrogen functional groups attached to an aromatic ring is 1. The van der Waals surface area contributed by atoms with E-state index in [-0.39, 0.29) is 12.5 Å². The van der Waals surface area contributed by atoms with Crippen molar-refractivity contribution in [3.63, 3.8) is 0 Å². The van der Waals surface area contributed by atoms with Gasteiger partial charge in [0.1, 0.15) is 10.9 Å². The van der Waals surface area contributed by atoms with E-state index in [9.17, 15) is 4.79 Å². The van der Waals surface area contributed by atoms with Gasteiger partial charge in [-0.1, -0.05) is 17.7 Å². The number of hydrogen-bond acceptors (Lipinski definition) is 4. The van der Waals surface area contributed by atoms with Gasteiger partial charge < -0.3 is 15.8 Å². The number of nitrogens with two attached hydrogens (primary N) is 1. The summed E-state index contributed by atoms with van der Waals surface area (Å²) in [6, 6.07) is 8.53. The molecule has 0 atom stereocenters. The second-order valence-electron chi connectivity index (χ2n) is 3.91. The van der Waals surface area contributed by atoms with Crippen LogP contribution >= 0.6 is 27.5 Å². The van der Waals surface area contributed by atoms with Crippen LogP contribution in [0.3, 0.4) is 0 Å². The number of nitrogens with one attached hydrogen (secondary N) is 1. The monoisotopic (exact) mass is 355 g/mol.